The smallest absolute Gasteiger partial charge is 0.328 e. The van der Waals surface area contributed by atoms with E-state index in [4.69, 9.17) is 9.84 Å². The average molecular weight is 470 g/mol. The minimum atomic E-state index is -3.49. The number of rotatable bonds is 6. The minimum absolute atomic E-state index is 0.0716. The molecule has 0 saturated carbocycles. The van der Waals surface area contributed by atoms with Crippen molar-refractivity contribution in [1.82, 2.24) is 0 Å². The molecule has 0 saturated heterocycles. The standard InChI is InChI=1S/C25H17F3O4S/c1-14-12-16(26)5-10-20(14)25(27,28)24-23(19-9-6-17(29)13-21(19)33-24)32-18-7-2-15(3-8-18)4-11-22(30)31/h2-13,29H,1H3,(H,30,31). The molecule has 1 aromatic heterocycles. The summed E-state index contributed by atoms with van der Waals surface area (Å²) in [4.78, 5) is 10.3. The number of benzene rings is 3. The van der Waals surface area contributed by atoms with E-state index in [1.165, 1.54) is 43.3 Å². The van der Waals surface area contributed by atoms with Gasteiger partial charge in [-0.25, -0.2) is 9.18 Å². The van der Waals surface area contributed by atoms with Crippen molar-refractivity contribution < 1.29 is 32.9 Å². The first-order valence-corrected chi connectivity index (χ1v) is 10.6. The van der Waals surface area contributed by atoms with E-state index < -0.39 is 17.7 Å². The highest BCUT2D eigenvalue weighted by molar-refractivity contribution is 7.19. The Morgan fingerprint density at radius 3 is 2.45 bits per heavy atom. The largest absolute Gasteiger partial charge is 0.508 e. The maximum Gasteiger partial charge on any atom is 0.328 e. The van der Waals surface area contributed by atoms with E-state index in [0.29, 0.717) is 15.6 Å². The number of carbonyl (C=O) groups is 1. The Labute approximate surface area is 190 Å². The third-order valence-corrected chi connectivity index (χ3v) is 6.16. The molecule has 0 atom stereocenters. The summed E-state index contributed by atoms with van der Waals surface area (Å²) in [5.41, 5.74) is 0.344. The topological polar surface area (TPSA) is 66.8 Å². The molecule has 3 aromatic carbocycles. The molecule has 8 heteroatoms. The second kappa shape index (κ2) is 8.63. The molecule has 4 aromatic rings. The van der Waals surface area contributed by atoms with Crippen LogP contribution in [0.3, 0.4) is 0 Å². The molecule has 0 aliphatic heterocycles. The van der Waals surface area contributed by atoms with Gasteiger partial charge in [-0.3, -0.25) is 0 Å². The van der Waals surface area contributed by atoms with Crippen LogP contribution in [0.25, 0.3) is 16.2 Å². The summed E-state index contributed by atoms with van der Waals surface area (Å²) in [6, 6.07) is 13.6. The van der Waals surface area contributed by atoms with Crippen molar-refractivity contribution in [3.8, 4) is 17.2 Å². The first-order valence-electron chi connectivity index (χ1n) is 9.74. The molecule has 0 bridgehead atoms. The van der Waals surface area contributed by atoms with E-state index in [9.17, 15) is 14.3 Å². The molecule has 33 heavy (non-hydrogen) atoms. The van der Waals surface area contributed by atoms with Gasteiger partial charge in [0.25, 0.3) is 0 Å². The Morgan fingerprint density at radius 1 is 1.06 bits per heavy atom. The van der Waals surface area contributed by atoms with Crippen molar-refractivity contribution in [3.05, 3.63) is 94.1 Å². The van der Waals surface area contributed by atoms with Gasteiger partial charge in [-0.15, -0.1) is 11.3 Å². The Kier molecular flexibility index (Phi) is 5.86. The molecule has 2 N–H and O–H groups in total. The summed E-state index contributed by atoms with van der Waals surface area (Å²) in [7, 11) is 0. The number of thiophene rings is 1. The number of ether oxygens (including phenoxy) is 1. The molecule has 0 aliphatic carbocycles. The van der Waals surface area contributed by atoms with Crippen LogP contribution < -0.4 is 4.74 Å². The average Bonchev–Trinajstić information content (AvgIpc) is 3.11. The Balaban J connectivity index is 1.80. The van der Waals surface area contributed by atoms with Crippen molar-refractivity contribution in [1.29, 1.82) is 0 Å². The molecule has 0 fully saturated rings. The maximum absolute atomic E-state index is 15.7. The van der Waals surface area contributed by atoms with Crippen molar-refractivity contribution in [2.45, 2.75) is 12.8 Å². The Hall–Kier alpha value is -3.78. The molecule has 0 radical (unpaired) electrons. The lowest BCUT2D eigenvalue weighted by Crippen LogP contribution is -2.16. The van der Waals surface area contributed by atoms with Gasteiger partial charge in [0.15, 0.2) is 5.75 Å². The number of halogens is 3. The van der Waals surface area contributed by atoms with E-state index >= 15 is 8.78 Å². The Bertz CT molecular complexity index is 1370. The number of aliphatic carboxylic acids is 1. The molecule has 0 unspecified atom stereocenters. The number of carboxylic acid groups (broad SMARTS) is 1. The van der Waals surface area contributed by atoms with Crippen LogP contribution in [-0.2, 0) is 10.7 Å². The third kappa shape index (κ3) is 4.56. The normalized spacial score (nSPS) is 11.9. The highest BCUT2D eigenvalue weighted by Gasteiger charge is 2.41. The zero-order valence-corrected chi connectivity index (χ0v) is 18.0. The second-order valence-electron chi connectivity index (χ2n) is 7.32. The van der Waals surface area contributed by atoms with E-state index in [-0.39, 0.29) is 33.3 Å². The predicted octanol–water partition coefficient (Wildman–Crippen LogP) is 7.08. The summed E-state index contributed by atoms with van der Waals surface area (Å²) in [6.45, 7) is 1.41. The van der Waals surface area contributed by atoms with Gasteiger partial charge in [0, 0.05) is 21.7 Å². The first-order chi connectivity index (χ1) is 15.6. The number of alkyl halides is 2. The van der Waals surface area contributed by atoms with Gasteiger partial charge in [0.1, 0.15) is 22.2 Å². The van der Waals surface area contributed by atoms with Gasteiger partial charge in [0.05, 0.1) is 0 Å². The van der Waals surface area contributed by atoms with Crippen LogP contribution in [0.4, 0.5) is 13.2 Å². The van der Waals surface area contributed by atoms with E-state index in [2.05, 4.69) is 0 Å². The number of aromatic hydroxyl groups is 1. The monoisotopic (exact) mass is 470 g/mol. The highest BCUT2D eigenvalue weighted by atomic mass is 32.1. The van der Waals surface area contributed by atoms with Crippen LogP contribution in [0.15, 0.2) is 66.7 Å². The van der Waals surface area contributed by atoms with E-state index in [0.717, 1.165) is 35.6 Å². The summed E-state index contributed by atoms with van der Waals surface area (Å²) in [5.74, 6) is -5.07. The lowest BCUT2D eigenvalue weighted by atomic mass is 10.0. The number of hydrogen-bond donors (Lipinski definition) is 2. The van der Waals surface area contributed by atoms with Gasteiger partial charge >= 0.3 is 11.9 Å². The molecule has 0 aliphatic rings. The van der Waals surface area contributed by atoms with Crippen LogP contribution in [0.5, 0.6) is 17.2 Å². The number of hydrogen-bond acceptors (Lipinski definition) is 4. The van der Waals surface area contributed by atoms with Crippen molar-refractivity contribution >= 4 is 33.5 Å². The summed E-state index contributed by atoms with van der Waals surface area (Å²) < 4.78 is 51.2. The van der Waals surface area contributed by atoms with Crippen LogP contribution in [0.1, 0.15) is 21.6 Å². The lowest BCUT2D eigenvalue weighted by molar-refractivity contribution is -0.131. The van der Waals surface area contributed by atoms with Gasteiger partial charge in [-0.05, 0) is 72.7 Å². The fourth-order valence-corrected chi connectivity index (χ4v) is 4.56. The fourth-order valence-electron chi connectivity index (χ4n) is 3.40. The SMILES string of the molecule is Cc1cc(F)ccc1C(F)(F)c1sc2cc(O)ccc2c1Oc1ccc(C=CC(=O)O)cc1. The number of fused-ring (bicyclic) bond motifs is 1. The molecule has 0 amide bonds. The summed E-state index contributed by atoms with van der Waals surface area (Å²) >= 11 is 0.781. The zero-order valence-electron chi connectivity index (χ0n) is 17.2. The molecular formula is C25H17F3O4S. The van der Waals surface area contributed by atoms with Crippen LogP contribution >= 0.6 is 11.3 Å². The maximum atomic E-state index is 15.7. The number of phenols is 1. The molecule has 4 rings (SSSR count). The zero-order chi connectivity index (χ0) is 23.8. The third-order valence-electron chi connectivity index (χ3n) is 4.96. The van der Waals surface area contributed by atoms with Crippen LogP contribution in [-0.4, -0.2) is 16.2 Å². The molecule has 4 nitrogen and oxygen atoms in total. The lowest BCUT2D eigenvalue weighted by Gasteiger charge is -2.19. The fraction of sp³-hybridized carbons (Fsp3) is 0.0800. The van der Waals surface area contributed by atoms with Crippen LogP contribution in [0.2, 0.25) is 0 Å². The van der Waals surface area contributed by atoms with E-state index in [1.54, 1.807) is 12.1 Å². The molecule has 0 spiro atoms. The van der Waals surface area contributed by atoms with Gasteiger partial charge in [-0.2, -0.15) is 8.78 Å². The number of carboxylic acids is 1. The molecule has 1 heterocycles. The quantitative estimate of drug-likeness (QED) is 0.295. The van der Waals surface area contributed by atoms with Crippen molar-refractivity contribution in [2.75, 3.05) is 0 Å². The minimum Gasteiger partial charge on any atom is -0.508 e. The van der Waals surface area contributed by atoms with Gasteiger partial charge in [0.2, 0.25) is 0 Å². The second-order valence-corrected chi connectivity index (χ2v) is 8.37. The van der Waals surface area contributed by atoms with Crippen LogP contribution in [0, 0.1) is 12.7 Å². The highest BCUT2D eigenvalue weighted by Crippen LogP contribution is 2.51. The molecule has 168 valence electrons. The van der Waals surface area contributed by atoms with Crippen molar-refractivity contribution in [3.63, 3.8) is 0 Å². The first kappa shape index (κ1) is 22.4. The predicted molar refractivity (Wildman–Crippen MR) is 121 cm³/mol. The molecular weight excluding hydrogens is 453 g/mol. The Morgan fingerprint density at radius 2 is 1.79 bits per heavy atom. The number of phenolic OH excluding ortho intramolecular Hbond substituents is 1. The van der Waals surface area contributed by atoms with E-state index in [1.807, 2.05) is 0 Å². The summed E-state index contributed by atoms with van der Waals surface area (Å²) in [5, 5.41) is 19.0. The van der Waals surface area contributed by atoms with Gasteiger partial charge in [-0.1, -0.05) is 12.1 Å². The summed E-state index contributed by atoms with van der Waals surface area (Å²) in [6.07, 6.45) is 2.38. The van der Waals surface area contributed by atoms with Crippen molar-refractivity contribution in [2.24, 2.45) is 0 Å². The van der Waals surface area contributed by atoms with Gasteiger partial charge < -0.3 is 14.9 Å². The number of aryl methyl sites for hydroxylation is 1.